The zero-order valence-corrected chi connectivity index (χ0v) is 16.1. The van der Waals surface area contributed by atoms with Gasteiger partial charge in [-0.15, -0.1) is 11.3 Å². The fourth-order valence-corrected chi connectivity index (χ4v) is 4.53. The van der Waals surface area contributed by atoms with E-state index in [2.05, 4.69) is 45.9 Å². The Morgan fingerprint density at radius 1 is 1.07 bits per heavy atom. The number of ether oxygens (including phenoxy) is 1. The average molecular weight is 381 g/mol. The molecule has 1 aliphatic rings. The Bertz CT molecular complexity index is 883. The van der Waals surface area contributed by atoms with E-state index in [9.17, 15) is 4.79 Å². The second-order valence-electron chi connectivity index (χ2n) is 6.80. The van der Waals surface area contributed by atoms with E-state index in [0.717, 1.165) is 37.3 Å². The van der Waals surface area contributed by atoms with Crippen molar-refractivity contribution in [2.45, 2.75) is 12.5 Å². The van der Waals surface area contributed by atoms with Gasteiger partial charge in [-0.2, -0.15) is 0 Å². The molecule has 1 N–H and O–H groups in total. The van der Waals surface area contributed by atoms with Gasteiger partial charge >= 0.3 is 0 Å². The van der Waals surface area contributed by atoms with Gasteiger partial charge in [0.15, 0.2) is 0 Å². The molecule has 0 aliphatic carbocycles. The molecular formula is C22H24N2O2S. The highest BCUT2D eigenvalue weighted by Gasteiger charge is 2.24. The van der Waals surface area contributed by atoms with Crippen molar-refractivity contribution in [1.82, 2.24) is 10.2 Å². The highest BCUT2D eigenvalue weighted by molar-refractivity contribution is 7.10. The third-order valence-electron chi connectivity index (χ3n) is 5.08. The van der Waals surface area contributed by atoms with Gasteiger partial charge in [0.1, 0.15) is 0 Å². The standard InChI is InChI=1S/C22H24N2O2S/c25-22(15-18-7-3-6-17-5-1-2-8-19(17)18)23-16-20(21-9-4-14-27-21)24-10-12-26-13-11-24/h1-9,14,20H,10-13,15-16H2,(H,23,25). The molecule has 0 spiro atoms. The summed E-state index contributed by atoms with van der Waals surface area (Å²) in [5.74, 6) is 0.0705. The maximum absolute atomic E-state index is 12.7. The first-order valence-corrected chi connectivity index (χ1v) is 10.3. The number of carbonyl (C=O) groups is 1. The molecule has 2 heterocycles. The Hall–Kier alpha value is -2.21. The first-order valence-electron chi connectivity index (χ1n) is 9.40. The van der Waals surface area contributed by atoms with Gasteiger partial charge in [-0.1, -0.05) is 48.5 Å². The molecule has 1 unspecified atom stereocenters. The van der Waals surface area contributed by atoms with Crippen LogP contribution in [0.2, 0.25) is 0 Å². The number of rotatable bonds is 6. The number of nitrogens with zero attached hydrogens (tertiary/aromatic N) is 1. The minimum atomic E-state index is 0.0705. The molecule has 0 saturated carbocycles. The summed E-state index contributed by atoms with van der Waals surface area (Å²) in [5.41, 5.74) is 1.07. The molecule has 1 aliphatic heterocycles. The predicted molar refractivity (Wildman–Crippen MR) is 110 cm³/mol. The van der Waals surface area contributed by atoms with Crippen LogP contribution in [0.25, 0.3) is 10.8 Å². The van der Waals surface area contributed by atoms with Crippen LogP contribution >= 0.6 is 11.3 Å². The minimum absolute atomic E-state index is 0.0705. The number of thiophene rings is 1. The normalized spacial score (nSPS) is 16.3. The number of fused-ring (bicyclic) bond motifs is 1. The van der Waals surface area contributed by atoms with Crippen molar-refractivity contribution in [3.05, 3.63) is 70.4 Å². The maximum atomic E-state index is 12.7. The van der Waals surface area contributed by atoms with Gasteiger partial charge < -0.3 is 10.1 Å². The largest absolute Gasteiger partial charge is 0.379 e. The fraction of sp³-hybridized carbons (Fsp3) is 0.318. The molecule has 1 amide bonds. The van der Waals surface area contributed by atoms with Crippen molar-refractivity contribution in [3.63, 3.8) is 0 Å². The molecule has 1 fully saturated rings. The lowest BCUT2D eigenvalue weighted by atomic mass is 10.0. The molecule has 3 aromatic rings. The molecular weight excluding hydrogens is 356 g/mol. The Morgan fingerprint density at radius 2 is 1.89 bits per heavy atom. The van der Waals surface area contributed by atoms with E-state index in [1.54, 1.807) is 11.3 Å². The second kappa shape index (κ2) is 8.65. The van der Waals surface area contributed by atoms with Crippen molar-refractivity contribution in [2.75, 3.05) is 32.8 Å². The second-order valence-corrected chi connectivity index (χ2v) is 7.78. The summed E-state index contributed by atoms with van der Waals surface area (Å²) in [6, 6.07) is 18.8. The summed E-state index contributed by atoms with van der Waals surface area (Å²) in [6.45, 7) is 3.95. The summed E-state index contributed by atoms with van der Waals surface area (Å²) < 4.78 is 5.49. The molecule has 140 valence electrons. The van der Waals surface area contributed by atoms with Gasteiger partial charge in [0.25, 0.3) is 0 Å². The van der Waals surface area contributed by atoms with Crippen molar-refractivity contribution >= 4 is 28.0 Å². The number of benzene rings is 2. The third-order valence-corrected chi connectivity index (χ3v) is 6.06. The van der Waals surface area contributed by atoms with Crippen LogP contribution in [0.3, 0.4) is 0 Å². The topological polar surface area (TPSA) is 41.6 Å². The minimum Gasteiger partial charge on any atom is -0.379 e. The summed E-state index contributed by atoms with van der Waals surface area (Å²) in [6.07, 6.45) is 0.404. The van der Waals surface area contributed by atoms with E-state index in [1.807, 2.05) is 24.3 Å². The highest BCUT2D eigenvalue weighted by atomic mass is 32.1. The molecule has 1 saturated heterocycles. The zero-order chi connectivity index (χ0) is 18.5. The van der Waals surface area contributed by atoms with Gasteiger partial charge in [-0.25, -0.2) is 0 Å². The first-order chi connectivity index (χ1) is 13.3. The Morgan fingerprint density at radius 3 is 2.70 bits per heavy atom. The van der Waals surface area contributed by atoms with Crippen LogP contribution in [-0.4, -0.2) is 43.7 Å². The summed E-state index contributed by atoms with van der Waals surface area (Å²) in [4.78, 5) is 16.4. The number of hydrogen-bond donors (Lipinski definition) is 1. The van der Waals surface area contributed by atoms with Crippen LogP contribution in [-0.2, 0) is 16.0 Å². The number of hydrogen-bond acceptors (Lipinski definition) is 4. The lowest BCUT2D eigenvalue weighted by Crippen LogP contribution is -2.43. The molecule has 0 radical (unpaired) electrons. The lowest BCUT2D eigenvalue weighted by Gasteiger charge is -2.34. The average Bonchev–Trinajstić information content (AvgIpc) is 3.24. The molecule has 0 bridgehead atoms. The molecule has 5 heteroatoms. The fourth-order valence-electron chi connectivity index (χ4n) is 3.67. The van der Waals surface area contributed by atoms with Crippen LogP contribution in [0.15, 0.2) is 60.0 Å². The number of morpholine rings is 1. The van der Waals surface area contributed by atoms with Crippen molar-refractivity contribution in [2.24, 2.45) is 0 Å². The van der Waals surface area contributed by atoms with Crippen LogP contribution in [0.1, 0.15) is 16.5 Å². The van der Waals surface area contributed by atoms with Crippen molar-refractivity contribution in [3.8, 4) is 0 Å². The Balaban J connectivity index is 1.43. The van der Waals surface area contributed by atoms with Crippen LogP contribution in [0.5, 0.6) is 0 Å². The quantitative estimate of drug-likeness (QED) is 0.710. The Kier molecular flexibility index (Phi) is 5.82. The number of nitrogens with one attached hydrogen (secondary N) is 1. The van der Waals surface area contributed by atoms with Gasteiger partial charge in [0, 0.05) is 24.5 Å². The van der Waals surface area contributed by atoms with Crippen LogP contribution < -0.4 is 5.32 Å². The van der Waals surface area contributed by atoms with Gasteiger partial charge in [0.05, 0.1) is 25.7 Å². The first kappa shape index (κ1) is 18.2. The molecule has 1 aromatic heterocycles. The smallest absolute Gasteiger partial charge is 0.224 e. The maximum Gasteiger partial charge on any atom is 0.224 e. The van der Waals surface area contributed by atoms with E-state index < -0.39 is 0 Å². The van der Waals surface area contributed by atoms with Crippen LogP contribution in [0.4, 0.5) is 0 Å². The van der Waals surface area contributed by atoms with E-state index in [0.29, 0.717) is 13.0 Å². The Labute approximate surface area is 163 Å². The summed E-state index contributed by atoms with van der Waals surface area (Å²) in [5, 5.41) is 7.59. The summed E-state index contributed by atoms with van der Waals surface area (Å²) >= 11 is 1.75. The molecule has 4 rings (SSSR count). The summed E-state index contributed by atoms with van der Waals surface area (Å²) in [7, 11) is 0. The van der Waals surface area contributed by atoms with Gasteiger partial charge in [-0.3, -0.25) is 9.69 Å². The number of carbonyl (C=O) groups excluding carboxylic acids is 1. The zero-order valence-electron chi connectivity index (χ0n) is 15.3. The predicted octanol–water partition coefficient (Wildman–Crippen LogP) is 3.63. The SMILES string of the molecule is O=C(Cc1cccc2ccccc12)NCC(c1cccs1)N1CCOCC1. The number of amides is 1. The highest BCUT2D eigenvalue weighted by Crippen LogP contribution is 2.25. The lowest BCUT2D eigenvalue weighted by molar-refractivity contribution is -0.120. The van der Waals surface area contributed by atoms with Crippen molar-refractivity contribution < 1.29 is 9.53 Å². The van der Waals surface area contributed by atoms with E-state index >= 15 is 0 Å². The molecule has 1 atom stereocenters. The van der Waals surface area contributed by atoms with E-state index in [-0.39, 0.29) is 11.9 Å². The monoisotopic (exact) mass is 380 g/mol. The third kappa shape index (κ3) is 4.38. The van der Waals surface area contributed by atoms with Gasteiger partial charge in [-0.05, 0) is 27.8 Å². The van der Waals surface area contributed by atoms with Gasteiger partial charge in [0.2, 0.25) is 5.91 Å². The van der Waals surface area contributed by atoms with Crippen LogP contribution in [0, 0.1) is 0 Å². The molecule has 27 heavy (non-hydrogen) atoms. The molecule has 2 aromatic carbocycles. The van der Waals surface area contributed by atoms with E-state index in [1.165, 1.54) is 10.3 Å². The molecule has 4 nitrogen and oxygen atoms in total. The van der Waals surface area contributed by atoms with Crippen molar-refractivity contribution in [1.29, 1.82) is 0 Å². The van der Waals surface area contributed by atoms with E-state index in [4.69, 9.17) is 4.74 Å².